The molecular weight excluding hydrogens is 367 g/mol. The van der Waals surface area contributed by atoms with Crippen molar-refractivity contribution in [2.75, 3.05) is 11.9 Å². The summed E-state index contributed by atoms with van der Waals surface area (Å²) in [4.78, 5) is 21.6. The number of ether oxygens (including phenoxy) is 1. The molecule has 0 saturated heterocycles. The van der Waals surface area contributed by atoms with Crippen molar-refractivity contribution < 1.29 is 22.7 Å². The van der Waals surface area contributed by atoms with Crippen molar-refractivity contribution in [3.8, 4) is 0 Å². The topological polar surface area (TPSA) is 64.1 Å². The fourth-order valence-electron chi connectivity index (χ4n) is 3.38. The van der Waals surface area contributed by atoms with E-state index in [-0.39, 0.29) is 25.5 Å². The van der Waals surface area contributed by atoms with Gasteiger partial charge in [-0.3, -0.25) is 0 Å². The van der Waals surface area contributed by atoms with Crippen LogP contribution in [0.3, 0.4) is 0 Å². The molecule has 1 saturated carbocycles. The Morgan fingerprint density at radius 1 is 1.38 bits per heavy atom. The lowest BCUT2D eigenvalue weighted by Gasteiger charge is -2.31. The molecule has 2 unspecified atom stereocenters. The molecule has 0 aliphatic heterocycles. The molecule has 2 heterocycles. The number of carbonyl (C=O) groups is 1. The van der Waals surface area contributed by atoms with E-state index >= 15 is 0 Å². The van der Waals surface area contributed by atoms with Gasteiger partial charge in [-0.15, -0.1) is 11.3 Å². The molecule has 3 rings (SSSR count). The quantitative estimate of drug-likeness (QED) is 0.770. The molecule has 9 heteroatoms. The number of fused-ring (bicyclic) bond motifs is 1. The van der Waals surface area contributed by atoms with Crippen LogP contribution in [0.5, 0.6) is 0 Å². The van der Waals surface area contributed by atoms with Crippen molar-refractivity contribution in [2.24, 2.45) is 5.92 Å². The van der Waals surface area contributed by atoms with E-state index in [4.69, 9.17) is 4.74 Å². The zero-order valence-electron chi connectivity index (χ0n) is 14.5. The third-order valence-electron chi connectivity index (χ3n) is 4.67. The average Bonchev–Trinajstić information content (AvgIpc) is 2.93. The molecule has 1 N–H and O–H groups in total. The fraction of sp³-hybridized carbons (Fsp3) is 0.588. The molecule has 5 nitrogen and oxygen atoms in total. The van der Waals surface area contributed by atoms with E-state index in [1.54, 1.807) is 13.8 Å². The van der Waals surface area contributed by atoms with Crippen LogP contribution in [0.15, 0.2) is 6.33 Å². The monoisotopic (exact) mass is 387 g/mol. The third-order valence-corrected chi connectivity index (χ3v) is 5.85. The Morgan fingerprint density at radius 2 is 2.15 bits per heavy atom. The molecule has 2 atom stereocenters. The Bertz CT molecular complexity index is 806. The second-order valence-corrected chi connectivity index (χ2v) is 7.42. The van der Waals surface area contributed by atoms with E-state index in [0.29, 0.717) is 39.3 Å². The lowest BCUT2D eigenvalue weighted by atomic mass is 9.85. The van der Waals surface area contributed by atoms with Crippen LogP contribution in [0.1, 0.15) is 47.8 Å². The van der Waals surface area contributed by atoms with Gasteiger partial charge >= 0.3 is 12.1 Å². The van der Waals surface area contributed by atoms with Crippen molar-refractivity contribution in [1.29, 1.82) is 0 Å². The molecule has 2 aromatic rings. The number of thiophene rings is 1. The molecule has 0 spiro atoms. The highest BCUT2D eigenvalue weighted by Crippen LogP contribution is 2.39. The average molecular weight is 387 g/mol. The van der Waals surface area contributed by atoms with Gasteiger partial charge in [0.25, 0.3) is 0 Å². The number of aromatic nitrogens is 2. The second-order valence-electron chi connectivity index (χ2n) is 6.43. The van der Waals surface area contributed by atoms with Crippen LogP contribution >= 0.6 is 11.3 Å². The van der Waals surface area contributed by atoms with E-state index in [9.17, 15) is 18.0 Å². The lowest BCUT2D eigenvalue weighted by molar-refractivity contribution is -0.182. The maximum absolute atomic E-state index is 13.0. The number of aryl methyl sites for hydroxylation is 1. The number of nitrogens with one attached hydrogen (secondary N) is 1. The highest BCUT2D eigenvalue weighted by atomic mass is 32.1. The third kappa shape index (κ3) is 3.77. The Morgan fingerprint density at radius 3 is 2.85 bits per heavy atom. The Kier molecular flexibility index (Phi) is 5.36. The molecule has 0 radical (unpaired) electrons. The number of rotatable bonds is 4. The van der Waals surface area contributed by atoms with Gasteiger partial charge in [-0.1, -0.05) is 6.42 Å². The maximum Gasteiger partial charge on any atom is 0.391 e. The number of hydrogen-bond acceptors (Lipinski definition) is 6. The molecule has 26 heavy (non-hydrogen) atoms. The summed E-state index contributed by atoms with van der Waals surface area (Å²) < 4.78 is 44.2. The Labute approximate surface area is 153 Å². The summed E-state index contributed by atoms with van der Waals surface area (Å²) in [6.45, 7) is 3.77. The van der Waals surface area contributed by atoms with Crippen molar-refractivity contribution in [1.82, 2.24) is 9.97 Å². The summed E-state index contributed by atoms with van der Waals surface area (Å²) in [7, 11) is 0. The van der Waals surface area contributed by atoms with Gasteiger partial charge in [-0.05, 0) is 38.7 Å². The molecule has 1 aliphatic carbocycles. The molecule has 0 amide bonds. The Balaban J connectivity index is 1.87. The summed E-state index contributed by atoms with van der Waals surface area (Å²) in [6, 6.07) is -0.307. The van der Waals surface area contributed by atoms with E-state index < -0.39 is 18.1 Å². The van der Waals surface area contributed by atoms with E-state index in [0.717, 1.165) is 0 Å². The highest BCUT2D eigenvalue weighted by Gasteiger charge is 2.42. The second kappa shape index (κ2) is 7.38. The number of hydrogen-bond donors (Lipinski definition) is 1. The number of halogens is 3. The van der Waals surface area contributed by atoms with Crippen LogP contribution in [-0.4, -0.2) is 34.8 Å². The molecular formula is C17H20F3N3O2S. The summed E-state index contributed by atoms with van der Waals surface area (Å²) >= 11 is 1.21. The van der Waals surface area contributed by atoms with E-state index in [1.165, 1.54) is 17.7 Å². The number of anilines is 1. The first kappa shape index (κ1) is 18.9. The van der Waals surface area contributed by atoms with Crippen LogP contribution in [0, 0.1) is 12.8 Å². The van der Waals surface area contributed by atoms with Crippen LogP contribution in [0.4, 0.5) is 19.0 Å². The summed E-state index contributed by atoms with van der Waals surface area (Å²) in [5.74, 6) is -1.23. The molecule has 0 aromatic carbocycles. The number of carbonyl (C=O) groups excluding carboxylic acids is 1. The predicted octanol–water partition coefficient (Wildman–Crippen LogP) is 4.71. The van der Waals surface area contributed by atoms with Gasteiger partial charge in [0.05, 0.1) is 17.9 Å². The van der Waals surface area contributed by atoms with Gasteiger partial charge in [-0.2, -0.15) is 13.2 Å². The molecule has 1 aliphatic rings. The smallest absolute Gasteiger partial charge is 0.391 e. The molecule has 142 valence electrons. The first-order valence-corrected chi connectivity index (χ1v) is 9.37. The van der Waals surface area contributed by atoms with Crippen molar-refractivity contribution in [2.45, 2.75) is 51.7 Å². The number of nitrogens with zero attached hydrogens (tertiary/aromatic N) is 2. The van der Waals surface area contributed by atoms with Gasteiger partial charge in [-0.25, -0.2) is 14.8 Å². The van der Waals surface area contributed by atoms with Crippen LogP contribution in [0.25, 0.3) is 10.2 Å². The molecule has 2 aromatic heterocycles. The lowest BCUT2D eigenvalue weighted by Crippen LogP contribution is -2.34. The molecule has 0 bridgehead atoms. The first-order valence-electron chi connectivity index (χ1n) is 8.55. The van der Waals surface area contributed by atoms with Crippen molar-refractivity contribution >= 4 is 33.3 Å². The predicted molar refractivity (Wildman–Crippen MR) is 93.5 cm³/mol. The van der Waals surface area contributed by atoms with Gasteiger partial charge in [0, 0.05) is 6.04 Å². The number of esters is 1. The zero-order valence-corrected chi connectivity index (χ0v) is 15.3. The molecule has 1 fully saturated rings. The summed E-state index contributed by atoms with van der Waals surface area (Å²) in [5.41, 5.74) is 0.690. The minimum absolute atomic E-state index is 0.0307. The minimum Gasteiger partial charge on any atom is -0.462 e. The van der Waals surface area contributed by atoms with Crippen LogP contribution < -0.4 is 5.32 Å². The maximum atomic E-state index is 13.0. The van der Waals surface area contributed by atoms with Gasteiger partial charge in [0.1, 0.15) is 21.9 Å². The Hall–Kier alpha value is -1.90. The minimum atomic E-state index is -4.17. The van der Waals surface area contributed by atoms with Crippen LogP contribution in [-0.2, 0) is 4.74 Å². The SMILES string of the molecule is CCOC(=O)c1sc2ncnc(NC3CCCC(C(F)(F)F)C3)c2c1C. The zero-order chi connectivity index (χ0) is 18.9. The standard InChI is InChI=1S/C17H20F3N3O2S/c1-3-25-16(24)13-9(2)12-14(21-8-22-15(12)26-13)23-11-6-4-5-10(7-11)17(18,19)20/h8,10-11H,3-7H2,1-2H3,(H,21,22,23). The highest BCUT2D eigenvalue weighted by molar-refractivity contribution is 7.20. The normalized spacial score (nSPS) is 21.0. The van der Waals surface area contributed by atoms with E-state index in [1.807, 2.05) is 0 Å². The summed E-state index contributed by atoms with van der Waals surface area (Å²) in [6.07, 6.45) is -1.43. The van der Waals surface area contributed by atoms with Crippen molar-refractivity contribution in [3.05, 3.63) is 16.8 Å². The first-order chi connectivity index (χ1) is 12.3. The largest absolute Gasteiger partial charge is 0.462 e. The number of alkyl halides is 3. The van der Waals surface area contributed by atoms with Crippen LogP contribution in [0.2, 0.25) is 0 Å². The fourth-order valence-corrected chi connectivity index (χ4v) is 4.43. The van der Waals surface area contributed by atoms with Crippen molar-refractivity contribution in [3.63, 3.8) is 0 Å². The van der Waals surface area contributed by atoms with Gasteiger partial charge in [0.2, 0.25) is 0 Å². The summed E-state index contributed by atoms with van der Waals surface area (Å²) in [5, 5.41) is 3.83. The van der Waals surface area contributed by atoms with Gasteiger partial charge in [0.15, 0.2) is 0 Å². The van der Waals surface area contributed by atoms with E-state index in [2.05, 4.69) is 15.3 Å². The van der Waals surface area contributed by atoms with Gasteiger partial charge < -0.3 is 10.1 Å².